The summed E-state index contributed by atoms with van der Waals surface area (Å²) in [6.07, 6.45) is 1.26. The van der Waals surface area contributed by atoms with Crippen molar-refractivity contribution >= 4 is 12.4 Å². The molecule has 3 nitrogen and oxygen atoms in total. The first-order valence-corrected chi connectivity index (χ1v) is 6.57. The second-order valence-electron chi connectivity index (χ2n) is 4.75. The molecule has 0 radical (unpaired) electrons. The lowest BCUT2D eigenvalue weighted by Gasteiger charge is -2.21. The van der Waals surface area contributed by atoms with E-state index in [1.165, 1.54) is 25.1 Å². The summed E-state index contributed by atoms with van der Waals surface area (Å²) in [4.78, 5) is 5.02. The quantitative estimate of drug-likeness (QED) is 0.901. The van der Waals surface area contributed by atoms with Crippen LogP contribution in [0.5, 0.6) is 0 Å². The molecule has 0 atom stereocenters. The maximum absolute atomic E-state index is 5.61. The molecule has 4 heteroatoms. The van der Waals surface area contributed by atoms with Crippen molar-refractivity contribution in [1.29, 1.82) is 0 Å². The molecule has 1 aliphatic rings. The average molecular weight is 270 g/mol. The molecule has 0 bridgehead atoms. The highest BCUT2D eigenvalue weighted by atomic mass is 35.5. The number of hydrogen-bond donors (Lipinski definition) is 1. The first-order valence-electron chi connectivity index (χ1n) is 6.57. The van der Waals surface area contributed by atoms with Crippen LogP contribution in [0.1, 0.15) is 12.0 Å². The van der Waals surface area contributed by atoms with E-state index in [0.717, 1.165) is 32.7 Å². The van der Waals surface area contributed by atoms with Crippen LogP contribution in [-0.2, 0) is 6.54 Å². The van der Waals surface area contributed by atoms with E-state index in [9.17, 15) is 0 Å². The maximum atomic E-state index is 5.61. The molecule has 0 saturated carbocycles. The number of rotatable bonds is 4. The molecular formula is C14H24ClN3. The predicted molar refractivity (Wildman–Crippen MR) is 79.1 cm³/mol. The van der Waals surface area contributed by atoms with Crippen LogP contribution >= 0.6 is 12.4 Å². The topological polar surface area (TPSA) is 32.5 Å². The van der Waals surface area contributed by atoms with Crippen molar-refractivity contribution < 1.29 is 0 Å². The van der Waals surface area contributed by atoms with Crippen molar-refractivity contribution in [1.82, 2.24) is 9.80 Å². The lowest BCUT2D eigenvalue weighted by atomic mass is 10.2. The minimum Gasteiger partial charge on any atom is -0.329 e. The third-order valence-electron chi connectivity index (χ3n) is 3.38. The smallest absolute Gasteiger partial charge is 0.0234 e. The van der Waals surface area contributed by atoms with Crippen LogP contribution in [0.25, 0.3) is 0 Å². The van der Waals surface area contributed by atoms with E-state index in [4.69, 9.17) is 5.73 Å². The number of benzene rings is 1. The summed E-state index contributed by atoms with van der Waals surface area (Å²) in [6.45, 7) is 7.62. The highest BCUT2D eigenvalue weighted by Gasteiger charge is 2.13. The van der Waals surface area contributed by atoms with Crippen LogP contribution in [0.4, 0.5) is 0 Å². The Morgan fingerprint density at radius 3 is 2.33 bits per heavy atom. The number of halogens is 1. The van der Waals surface area contributed by atoms with Gasteiger partial charge in [0.1, 0.15) is 0 Å². The SMILES string of the molecule is Cl.NCCN1CCCN(Cc2ccccc2)CC1. The molecule has 18 heavy (non-hydrogen) atoms. The van der Waals surface area contributed by atoms with Gasteiger partial charge in [0.15, 0.2) is 0 Å². The van der Waals surface area contributed by atoms with E-state index in [1.54, 1.807) is 0 Å². The second-order valence-corrected chi connectivity index (χ2v) is 4.75. The highest BCUT2D eigenvalue weighted by molar-refractivity contribution is 5.85. The standard InChI is InChI=1S/C14H23N3.ClH/c15-7-10-16-8-4-9-17(12-11-16)13-14-5-2-1-3-6-14;/h1-3,5-6H,4,7-13,15H2;1H. The van der Waals surface area contributed by atoms with Gasteiger partial charge in [0.05, 0.1) is 0 Å². The van der Waals surface area contributed by atoms with Gasteiger partial charge >= 0.3 is 0 Å². The molecule has 0 aliphatic carbocycles. The van der Waals surface area contributed by atoms with Gasteiger partial charge in [0.25, 0.3) is 0 Å². The minimum atomic E-state index is 0. The summed E-state index contributed by atoms with van der Waals surface area (Å²) in [5, 5.41) is 0. The van der Waals surface area contributed by atoms with Gasteiger partial charge < -0.3 is 10.6 Å². The summed E-state index contributed by atoms with van der Waals surface area (Å²) >= 11 is 0. The van der Waals surface area contributed by atoms with E-state index < -0.39 is 0 Å². The Labute approximate surface area is 116 Å². The first-order chi connectivity index (χ1) is 8.38. The van der Waals surface area contributed by atoms with Crippen molar-refractivity contribution in [3.63, 3.8) is 0 Å². The van der Waals surface area contributed by atoms with E-state index in [1.807, 2.05) is 0 Å². The Hall–Kier alpha value is -0.610. The number of nitrogens with zero attached hydrogens (tertiary/aromatic N) is 2. The van der Waals surface area contributed by atoms with Gasteiger partial charge in [0, 0.05) is 32.7 Å². The summed E-state index contributed by atoms with van der Waals surface area (Å²) in [7, 11) is 0. The van der Waals surface area contributed by atoms with Gasteiger partial charge in [-0.05, 0) is 25.1 Å². The van der Waals surface area contributed by atoms with Gasteiger partial charge in [-0.3, -0.25) is 4.90 Å². The summed E-state index contributed by atoms with van der Waals surface area (Å²) < 4.78 is 0. The van der Waals surface area contributed by atoms with E-state index in [-0.39, 0.29) is 12.4 Å². The van der Waals surface area contributed by atoms with Crippen LogP contribution in [0.15, 0.2) is 30.3 Å². The third-order valence-corrected chi connectivity index (χ3v) is 3.38. The van der Waals surface area contributed by atoms with Crippen molar-refractivity contribution in [3.8, 4) is 0 Å². The summed E-state index contributed by atoms with van der Waals surface area (Å²) in [6, 6.07) is 10.7. The predicted octanol–water partition coefficient (Wildman–Crippen LogP) is 1.57. The zero-order valence-corrected chi connectivity index (χ0v) is 11.7. The van der Waals surface area contributed by atoms with Gasteiger partial charge in [-0.2, -0.15) is 0 Å². The minimum absolute atomic E-state index is 0. The molecule has 0 aromatic heterocycles. The largest absolute Gasteiger partial charge is 0.329 e. The number of nitrogens with two attached hydrogens (primary N) is 1. The molecule has 0 amide bonds. The molecule has 1 heterocycles. The molecule has 1 saturated heterocycles. The molecule has 1 aromatic carbocycles. The Balaban J connectivity index is 0.00000162. The van der Waals surface area contributed by atoms with Crippen molar-refractivity contribution in [2.75, 3.05) is 39.3 Å². The Kier molecular flexibility index (Phi) is 7.28. The van der Waals surface area contributed by atoms with E-state index in [0.29, 0.717) is 0 Å². The van der Waals surface area contributed by atoms with Crippen LogP contribution < -0.4 is 5.73 Å². The average Bonchev–Trinajstić information content (AvgIpc) is 2.57. The van der Waals surface area contributed by atoms with Crippen molar-refractivity contribution in [3.05, 3.63) is 35.9 Å². The lowest BCUT2D eigenvalue weighted by Crippen LogP contribution is -2.33. The zero-order valence-electron chi connectivity index (χ0n) is 10.9. The second kappa shape index (κ2) is 8.48. The Bertz CT molecular complexity index is 318. The molecule has 0 spiro atoms. The third kappa shape index (κ3) is 4.94. The van der Waals surface area contributed by atoms with Crippen LogP contribution in [0.2, 0.25) is 0 Å². The maximum Gasteiger partial charge on any atom is 0.0234 e. The number of hydrogen-bond acceptors (Lipinski definition) is 3. The van der Waals surface area contributed by atoms with Gasteiger partial charge in [-0.1, -0.05) is 30.3 Å². The fourth-order valence-electron chi connectivity index (χ4n) is 2.43. The van der Waals surface area contributed by atoms with Gasteiger partial charge in [-0.15, -0.1) is 12.4 Å². The molecule has 2 N–H and O–H groups in total. The van der Waals surface area contributed by atoms with E-state index in [2.05, 4.69) is 40.1 Å². The first kappa shape index (κ1) is 15.4. The van der Waals surface area contributed by atoms with E-state index >= 15 is 0 Å². The van der Waals surface area contributed by atoms with Crippen molar-refractivity contribution in [2.24, 2.45) is 5.73 Å². The molecular weight excluding hydrogens is 246 g/mol. The Morgan fingerprint density at radius 2 is 1.61 bits per heavy atom. The van der Waals surface area contributed by atoms with Gasteiger partial charge in [-0.25, -0.2) is 0 Å². The Morgan fingerprint density at radius 1 is 0.944 bits per heavy atom. The lowest BCUT2D eigenvalue weighted by molar-refractivity contribution is 0.255. The molecule has 1 aliphatic heterocycles. The fourth-order valence-corrected chi connectivity index (χ4v) is 2.43. The van der Waals surface area contributed by atoms with Gasteiger partial charge in [0.2, 0.25) is 0 Å². The summed E-state index contributed by atoms with van der Waals surface area (Å²) in [5.74, 6) is 0. The molecule has 102 valence electrons. The molecule has 0 unspecified atom stereocenters. The molecule has 1 fully saturated rings. The highest BCUT2D eigenvalue weighted by Crippen LogP contribution is 2.08. The van der Waals surface area contributed by atoms with Crippen LogP contribution in [-0.4, -0.2) is 49.1 Å². The zero-order chi connectivity index (χ0) is 11.9. The van der Waals surface area contributed by atoms with Crippen LogP contribution in [0.3, 0.4) is 0 Å². The monoisotopic (exact) mass is 269 g/mol. The van der Waals surface area contributed by atoms with Crippen molar-refractivity contribution in [2.45, 2.75) is 13.0 Å². The summed E-state index contributed by atoms with van der Waals surface area (Å²) in [5.41, 5.74) is 7.03. The molecule has 2 rings (SSSR count). The normalized spacial score (nSPS) is 18.1. The van der Waals surface area contributed by atoms with Crippen LogP contribution in [0, 0.1) is 0 Å². The fraction of sp³-hybridized carbons (Fsp3) is 0.571. The molecule has 1 aromatic rings.